The Morgan fingerprint density at radius 1 is 1.30 bits per heavy atom. The second-order valence-electron chi connectivity index (χ2n) is 4.26. The van der Waals surface area contributed by atoms with E-state index >= 15 is 0 Å². The van der Waals surface area contributed by atoms with Crippen molar-refractivity contribution in [3.63, 3.8) is 0 Å². The molecule has 1 aromatic carbocycles. The number of benzene rings is 1. The summed E-state index contributed by atoms with van der Waals surface area (Å²) in [6.07, 6.45) is 2.69. The lowest BCUT2D eigenvalue weighted by Crippen LogP contribution is -2.12. The van der Waals surface area contributed by atoms with Crippen LogP contribution in [0.25, 0.3) is 0 Å². The lowest BCUT2D eigenvalue weighted by Gasteiger charge is -2.10. The third kappa shape index (κ3) is 3.68. The number of anilines is 2. The maximum atomic E-state index is 5.68. The summed E-state index contributed by atoms with van der Waals surface area (Å²) in [4.78, 5) is 4.58. The molecule has 0 atom stereocenters. The van der Waals surface area contributed by atoms with Crippen LogP contribution < -0.4 is 15.8 Å². The zero-order valence-corrected chi connectivity index (χ0v) is 12.1. The maximum Gasteiger partial charge on any atom is 0.140 e. The fourth-order valence-corrected chi connectivity index (χ4v) is 1.86. The number of hydrogen-bond acceptors (Lipinski definition) is 4. The average Bonchev–Trinajstić information content (AvgIpc) is 2.47. The molecule has 5 heteroatoms. The first-order valence-electron chi connectivity index (χ1n) is 6.45. The Kier molecular flexibility index (Phi) is 4.90. The van der Waals surface area contributed by atoms with E-state index < -0.39 is 0 Å². The minimum absolute atomic E-state index is 0.323. The van der Waals surface area contributed by atoms with Crippen LogP contribution in [0.4, 0.5) is 11.5 Å². The summed E-state index contributed by atoms with van der Waals surface area (Å²) in [5.41, 5.74) is 7.32. The van der Waals surface area contributed by atoms with E-state index in [2.05, 4.69) is 17.2 Å². The summed E-state index contributed by atoms with van der Waals surface area (Å²) in [6.45, 7) is 2.80. The van der Waals surface area contributed by atoms with E-state index in [1.807, 2.05) is 30.3 Å². The molecule has 2 aromatic rings. The van der Waals surface area contributed by atoms with Gasteiger partial charge in [-0.2, -0.15) is 0 Å². The first kappa shape index (κ1) is 14.3. The first-order chi connectivity index (χ1) is 9.70. The van der Waals surface area contributed by atoms with Crippen molar-refractivity contribution in [3.8, 4) is 5.75 Å². The number of thiocarbonyl (C=S) groups is 1. The van der Waals surface area contributed by atoms with Crippen molar-refractivity contribution in [2.45, 2.75) is 13.3 Å². The van der Waals surface area contributed by atoms with Crippen LogP contribution >= 0.6 is 12.2 Å². The number of hydrogen-bond donors (Lipinski definition) is 2. The van der Waals surface area contributed by atoms with E-state index in [4.69, 9.17) is 22.7 Å². The summed E-state index contributed by atoms with van der Waals surface area (Å²) in [5.74, 6) is 1.51. The SMILES string of the molecule is CCCOc1ccc(Nc2ncccc2C(N)=S)cc1. The van der Waals surface area contributed by atoms with Crippen molar-refractivity contribution in [2.75, 3.05) is 11.9 Å². The van der Waals surface area contributed by atoms with E-state index in [-0.39, 0.29) is 0 Å². The Labute approximate surface area is 124 Å². The smallest absolute Gasteiger partial charge is 0.140 e. The molecule has 0 unspecified atom stereocenters. The molecular weight excluding hydrogens is 270 g/mol. The molecule has 104 valence electrons. The van der Waals surface area contributed by atoms with E-state index in [1.165, 1.54) is 0 Å². The minimum Gasteiger partial charge on any atom is -0.494 e. The number of rotatable bonds is 6. The molecule has 3 N–H and O–H groups in total. The minimum atomic E-state index is 0.323. The van der Waals surface area contributed by atoms with Crippen LogP contribution in [-0.4, -0.2) is 16.6 Å². The van der Waals surface area contributed by atoms with E-state index in [9.17, 15) is 0 Å². The average molecular weight is 287 g/mol. The van der Waals surface area contributed by atoms with Gasteiger partial charge in [0.2, 0.25) is 0 Å². The number of pyridine rings is 1. The Hall–Kier alpha value is -2.14. The summed E-state index contributed by atoms with van der Waals surface area (Å²) in [5, 5.41) is 3.20. The van der Waals surface area contributed by atoms with Crippen LogP contribution in [0.2, 0.25) is 0 Å². The standard InChI is InChI=1S/C15H17N3OS/c1-2-10-19-12-7-5-11(6-8-12)18-15-13(14(16)20)4-3-9-17-15/h3-9H,2,10H2,1H3,(H2,16,20)(H,17,18). The lowest BCUT2D eigenvalue weighted by molar-refractivity contribution is 0.317. The van der Waals surface area contributed by atoms with Gasteiger partial charge >= 0.3 is 0 Å². The molecule has 0 aliphatic carbocycles. The molecule has 20 heavy (non-hydrogen) atoms. The predicted octanol–water partition coefficient (Wildman–Crippen LogP) is 3.25. The van der Waals surface area contributed by atoms with Crippen molar-refractivity contribution in [3.05, 3.63) is 48.2 Å². The zero-order chi connectivity index (χ0) is 14.4. The molecule has 1 heterocycles. The zero-order valence-electron chi connectivity index (χ0n) is 11.3. The quantitative estimate of drug-likeness (QED) is 0.799. The molecule has 0 aliphatic heterocycles. The van der Waals surface area contributed by atoms with Gasteiger partial charge in [0.1, 0.15) is 16.6 Å². The summed E-state index contributed by atoms with van der Waals surface area (Å²) < 4.78 is 5.54. The molecule has 2 rings (SSSR count). The Morgan fingerprint density at radius 2 is 2.05 bits per heavy atom. The molecular formula is C15H17N3OS. The van der Waals surface area contributed by atoms with Gasteiger partial charge < -0.3 is 15.8 Å². The number of nitrogens with zero attached hydrogens (tertiary/aromatic N) is 1. The highest BCUT2D eigenvalue weighted by molar-refractivity contribution is 7.80. The second-order valence-corrected chi connectivity index (χ2v) is 4.70. The molecule has 0 saturated heterocycles. The van der Waals surface area contributed by atoms with Crippen LogP contribution in [0.5, 0.6) is 5.75 Å². The van der Waals surface area contributed by atoms with Crippen LogP contribution in [0.1, 0.15) is 18.9 Å². The van der Waals surface area contributed by atoms with Crippen molar-refractivity contribution < 1.29 is 4.74 Å². The van der Waals surface area contributed by atoms with Crippen molar-refractivity contribution >= 4 is 28.7 Å². The van der Waals surface area contributed by atoms with Gasteiger partial charge in [-0.15, -0.1) is 0 Å². The summed E-state index contributed by atoms with van der Waals surface area (Å²) in [6, 6.07) is 11.4. The Balaban J connectivity index is 2.12. The van der Waals surface area contributed by atoms with Gasteiger partial charge in [0, 0.05) is 11.9 Å². The number of nitrogens with one attached hydrogen (secondary N) is 1. The number of ether oxygens (including phenoxy) is 1. The van der Waals surface area contributed by atoms with Crippen molar-refractivity contribution in [2.24, 2.45) is 5.73 Å². The lowest BCUT2D eigenvalue weighted by atomic mass is 10.2. The van der Waals surface area contributed by atoms with Crippen LogP contribution in [-0.2, 0) is 0 Å². The number of nitrogens with two attached hydrogens (primary N) is 1. The summed E-state index contributed by atoms with van der Waals surface area (Å²) >= 11 is 5.01. The van der Waals surface area contributed by atoms with E-state index in [0.29, 0.717) is 10.8 Å². The normalized spacial score (nSPS) is 10.1. The molecule has 0 bridgehead atoms. The van der Waals surface area contributed by atoms with Gasteiger partial charge in [-0.1, -0.05) is 19.1 Å². The van der Waals surface area contributed by atoms with Crippen molar-refractivity contribution in [1.82, 2.24) is 4.98 Å². The monoisotopic (exact) mass is 287 g/mol. The topological polar surface area (TPSA) is 60.2 Å². The highest BCUT2D eigenvalue weighted by Gasteiger charge is 2.06. The molecule has 0 spiro atoms. The van der Waals surface area contributed by atoms with Gasteiger partial charge in [0.05, 0.1) is 12.2 Å². The molecule has 0 saturated carbocycles. The third-order valence-electron chi connectivity index (χ3n) is 2.66. The molecule has 0 amide bonds. The highest BCUT2D eigenvalue weighted by Crippen LogP contribution is 2.21. The highest BCUT2D eigenvalue weighted by atomic mass is 32.1. The van der Waals surface area contributed by atoms with Gasteiger partial charge in [0.25, 0.3) is 0 Å². The fraction of sp³-hybridized carbons (Fsp3) is 0.200. The number of aromatic nitrogens is 1. The molecule has 4 nitrogen and oxygen atoms in total. The molecule has 0 fully saturated rings. The molecule has 0 aliphatic rings. The summed E-state index contributed by atoms with van der Waals surface area (Å²) in [7, 11) is 0. The molecule has 0 radical (unpaired) electrons. The van der Waals surface area contributed by atoms with Gasteiger partial charge in [-0.05, 0) is 42.8 Å². The predicted molar refractivity (Wildman–Crippen MR) is 85.6 cm³/mol. The first-order valence-corrected chi connectivity index (χ1v) is 6.86. The van der Waals surface area contributed by atoms with Crippen LogP contribution in [0.3, 0.4) is 0 Å². The second kappa shape index (κ2) is 6.86. The maximum absolute atomic E-state index is 5.68. The van der Waals surface area contributed by atoms with Crippen LogP contribution in [0.15, 0.2) is 42.6 Å². The van der Waals surface area contributed by atoms with E-state index in [1.54, 1.807) is 12.3 Å². The van der Waals surface area contributed by atoms with Gasteiger partial charge in [-0.3, -0.25) is 0 Å². The third-order valence-corrected chi connectivity index (χ3v) is 2.88. The van der Waals surface area contributed by atoms with Crippen molar-refractivity contribution in [1.29, 1.82) is 0 Å². The fourth-order valence-electron chi connectivity index (χ4n) is 1.69. The van der Waals surface area contributed by atoms with E-state index in [0.717, 1.165) is 30.0 Å². The Morgan fingerprint density at radius 3 is 2.70 bits per heavy atom. The molecule has 1 aromatic heterocycles. The van der Waals surface area contributed by atoms with Crippen LogP contribution in [0, 0.1) is 0 Å². The largest absolute Gasteiger partial charge is 0.494 e. The Bertz CT molecular complexity index is 584. The van der Waals surface area contributed by atoms with Gasteiger partial charge in [-0.25, -0.2) is 4.98 Å². The van der Waals surface area contributed by atoms with Gasteiger partial charge in [0.15, 0.2) is 0 Å².